The normalized spacial score (nSPS) is 16.2. The fourth-order valence-corrected chi connectivity index (χ4v) is 4.76. The highest BCUT2D eigenvalue weighted by Gasteiger charge is 2.27. The Bertz CT molecular complexity index is 958. The number of halogens is 1. The summed E-state index contributed by atoms with van der Waals surface area (Å²) < 4.78 is 25.8. The van der Waals surface area contributed by atoms with Crippen LogP contribution in [0.25, 0.3) is 0 Å². The van der Waals surface area contributed by atoms with Gasteiger partial charge < -0.3 is 5.32 Å². The Labute approximate surface area is 166 Å². The molecule has 1 amide bonds. The third-order valence-electron chi connectivity index (χ3n) is 4.37. The molecule has 1 fully saturated rings. The molecule has 0 aromatic heterocycles. The molecule has 1 N–H and O–H groups in total. The molecule has 1 aliphatic rings. The first-order valence-corrected chi connectivity index (χ1v) is 10.9. The maximum Gasteiger partial charge on any atom is 0.252 e. The first kappa shape index (κ1) is 19.7. The van der Waals surface area contributed by atoms with Gasteiger partial charge >= 0.3 is 0 Å². The van der Waals surface area contributed by atoms with E-state index in [9.17, 15) is 18.0 Å². The molecule has 0 atom stereocenters. The second-order valence-corrected chi connectivity index (χ2v) is 9.21. The van der Waals surface area contributed by atoms with Crippen LogP contribution in [0, 0.1) is 0 Å². The zero-order chi connectivity index (χ0) is 19.4. The summed E-state index contributed by atoms with van der Waals surface area (Å²) >= 11 is 3.33. The van der Waals surface area contributed by atoms with Gasteiger partial charge in [0.15, 0.2) is 5.78 Å². The molecule has 1 saturated heterocycles. The lowest BCUT2D eigenvalue weighted by molar-refractivity contribution is 0.0940. The summed E-state index contributed by atoms with van der Waals surface area (Å²) in [6.45, 7) is 0.909. The molecular formula is C19H19BrN2O4S. The average Bonchev–Trinajstić information content (AvgIpc) is 3.00. The van der Waals surface area contributed by atoms with Crippen LogP contribution >= 0.6 is 15.9 Å². The van der Waals surface area contributed by atoms with Crippen molar-refractivity contribution in [2.45, 2.75) is 6.42 Å². The number of benzene rings is 2. The van der Waals surface area contributed by atoms with Crippen LogP contribution in [0.15, 0.2) is 53.0 Å². The third-order valence-corrected chi connectivity index (χ3v) is 6.86. The average molecular weight is 451 g/mol. The minimum absolute atomic E-state index is 0.158. The van der Waals surface area contributed by atoms with Crippen molar-refractivity contribution < 1.29 is 18.0 Å². The van der Waals surface area contributed by atoms with E-state index in [4.69, 9.17) is 0 Å². The van der Waals surface area contributed by atoms with Crippen LogP contribution in [0.2, 0.25) is 0 Å². The number of amides is 1. The topological polar surface area (TPSA) is 83.6 Å². The van der Waals surface area contributed by atoms with Crippen molar-refractivity contribution in [3.8, 4) is 0 Å². The summed E-state index contributed by atoms with van der Waals surface area (Å²) in [7, 11) is -3.19. The highest BCUT2D eigenvalue weighted by molar-refractivity contribution is 9.10. The molecular weight excluding hydrogens is 432 g/mol. The standard InChI is InChI=1S/C19H19BrN2O4S/c20-15-8-6-14(7-9-15)18(23)16-4-1-2-5-17(16)19(24)21-10-12-22-11-3-13-27(22,25)26/h1-2,4-9H,3,10-13H2,(H,21,24). The monoisotopic (exact) mass is 450 g/mol. The molecule has 27 heavy (non-hydrogen) atoms. The Kier molecular flexibility index (Phi) is 6.08. The Morgan fingerprint density at radius 1 is 1.04 bits per heavy atom. The molecule has 0 aliphatic carbocycles. The predicted molar refractivity (Wildman–Crippen MR) is 106 cm³/mol. The maximum atomic E-state index is 12.8. The van der Waals surface area contributed by atoms with Gasteiger partial charge in [0, 0.05) is 35.2 Å². The van der Waals surface area contributed by atoms with Crippen molar-refractivity contribution in [1.29, 1.82) is 0 Å². The number of nitrogens with zero attached hydrogens (tertiary/aromatic N) is 1. The number of hydrogen-bond donors (Lipinski definition) is 1. The number of carbonyl (C=O) groups excluding carboxylic acids is 2. The van der Waals surface area contributed by atoms with E-state index >= 15 is 0 Å². The van der Waals surface area contributed by atoms with Gasteiger partial charge in [0.2, 0.25) is 10.0 Å². The minimum atomic E-state index is -3.19. The molecule has 0 saturated carbocycles. The van der Waals surface area contributed by atoms with Crippen LogP contribution < -0.4 is 5.32 Å². The van der Waals surface area contributed by atoms with E-state index in [-0.39, 0.29) is 30.2 Å². The molecule has 142 valence electrons. The van der Waals surface area contributed by atoms with Crippen molar-refractivity contribution in [3.05, 3.63) is 69.7 Å². The van der Waals surface area contributed by atoms with Crippen LogP contribution in [0.4, 0.5) is 0 Å². The van der Waals surface area contributed by atoms with Gasteiger partial charge in [-0.05, 0) is 36.8 Å². The summed E-state index contributed by atoms with van der Waals surface area (Å²) in [4.78, 5) is 25.3. The first-order chi connectivity index (χ1) is 12.9. The Morgan fingerprint density at radius 2 is 1.70 bits per heavy atom. The molecule has 0 spiro atoms. The molecule has 8 heteroatoms. The number of carbonyl (C=O) groups is 2. The van der Waals surface area contributed by atoms with E-state index < -0.39 is 15.9 Å². The highest BCUT2D eigenvalue weighted by atomic mass is 79.9. The smallest absolute Gasteiger partial charge is 0.252 e. The zero-order valence-electron chi connectivity index (χ0n) is 14.5. The lowest BCUT2D eigenvalue weighted by Crippen LogP contribution is -2.36. The van der Waals surface area contributed by atoms with E-state index in [1.165, 1.54) is 4.31 Å². The van der Waals surface area contributed by atoms with Gasteiger partial charge in [-0.2, -0.15) is 0 Å². The van der Waals surface area contributed by atoms with Crippen LogP contribution in [-0.2, 0) is 10.0 Å². The molecule has 1 heterocycles. The second kappa shape index (κ2) is 8.33. The SMILES string of the molecule is O=C(NCCN1CCCS1(=O)=O)c1ccccc1C(=O)c1ccc(Br)cc1. The predicted octanol–water partition coefficient (Wildman–Crippen LogP) is 2.45. The van der Waals surface area contributed by atoms with E-state index in [0.29, 0.717) is 24.1 Å². The van der Waals surface area contributed by atoms with Crippen LogP contribution in [0.5, 0.6) is 0 Å². The van der Waals surface area contributed by atoms with Crippen LogP contribution in [-0.4, -0.2) is 49.8 Å². The second-order valence-electron chi connectivity index (χ2n) is 6.21. The molecule has 6 nitrogen and oxygen atoms in total. The molecule has 0 radical (unpaired) electrons. The number of nitrogens with one attached hydrogen (secondary N) is 1. The quantitative estimate of drug-likeness (QED) is 0.684. The summed E-state index contributed by atoms with van der Waals surface area (Å²) in [6.07, 6.45) is 0.612. The fourth-order valence-electron chi connectivity index (χ4n) is 2.97. The molecule has 2 aromatic carbocycles. The van der Waals surface area contributed by atoms with Gasteiger partial charge in [-0.3, -0.25) is 9.59 Å². The van der Waals surface area contributed by atoms with E-state index in [0.717, 1.165) is 4.47 Å². The Hall–Kier alpha value is -2.03. The number of rotatable bonds is 6. The molecule has 3 rings (SSSR count). The van der Waals surface area contributed by atoms with Crippen molar-refractivity contribution in [3.63, 3.8) is 0 Å². The van der Waals surface area contributed by atoms with E-state index in [1.54, 1.807) is 48.5 Å². The lowest BCUT2D eigenvalue weighted by atomic mass is 9.98. The Morgan fingerprint density at radius 3 is 2.33 bits per heavy atom. The number of sulfonamides is 1. The van der Waals surface area contributed by atoms with Gasteiger partial charge in [0.05, 0.1) is 11.3 Å². The van der Waals surface area contributed by atoms with Crippen LogP contribution in [0.3, 0.4) is 0 Å². The minimum Gasteiger partial charge on any atom is -0.351 e. The van der Waals surface area contributed by atoms with Gasteiger partial charge in [-0.25, -0.2) is 12.7 Å². The first-order valence-electron chi connectivity index (χ1n) is 8.54. The summed E-state index contributed by atoms with van der Waals surface area (Å²) in [5, 5.41) is 2.71. The molecule has 0 bridgehead atoms. The summed E-state index contributed by atoms with van der Waals surface area (Å²) in [5.74, 6) is -0.478. The Balaban J connectivity index is 1.70. The zero-order valence-corrected chi connectivity index (χ0v) is 16.9. The van der Waals surface area contributed by atoms with Crippen molar-refractivity contribution in [1.82, 2.24) is 9.62 Å². The largest absolute Gasteiger partial charge is 0.351 e. The maximum absolute atomic E-state index is 12.8. The highest BCUT2D eigenvalue weighted by Crippen LogP contribution is 2.17. The molecule has 1 aliphatic heterocycles. The van der Waals surface area contributed by atoms with Crippen LogP contribution in [0.1, 0.15) is 32.7 Å². The third kappa shape index (κ3) is 4.63. The summed E-state index contributed by atoms with van der Waals surface area (Å²) in [5.41, 5.74) is 1.07. The van der Waals surface area contributed by atoms with Gasteiger partial charge in [-0.1, -0.05) is 34.1 Å². The van der Waals surface area contributed by atoms with Gasteiger partial charge in [0.25, 0.3) is 5.91 Å². The number of hydrogen-bond acceptors (Lipinski definition) is 4. The van der Waals surface area contributed by atoms with E-state index in [2.05, 4.69) is 21.2 Å². The molecule has 0 unspecified atom stereocenters. The molecule has 2 aromatic rings. The van der Waals surface area contributed by atoms with Gasteiger partial charge in [0.1, 0.15) is 0 Å². The van der Waals surface area contributed by atoms with Gasteiger partial charge in [-0.15, -0.1) is 0 Å². The number of ketones is 1. The van der Waals surface area contributed by atoms with Crippen molar-refractivity contribution in [2.24, 2.45) is 0 Å². The van der Waals surface area contributed by atoms with Crippen molar-refractivity contribution in [2.75, 3.05) is 25.4 Å². The summed E-state index contributed by atoms with van der Waals surface area (Å²) in [6, 6.07) is 13.5. The fraction of sp³-hybridized carbons (Fsp3) is 0.263. The van der Waals surface area contributed by atoms with E-state index in [1.807, 2.05) is 0 Å². The lowest BCUT2D eigenvalue weighted by Gasteiger charge is -2.15. The van der Waals surface area contributed by atoms with Crippen molar-refractivity contribution >= 4 is 37.6 Å².